The number of nitrogens with one attached hydrogen (secondary N) is 1. The van der Waals surface area contributed by atoms with Gasteiger partial charge in [-0.1, -0.05) is 29.8 Å². The summed E-state index contributed by atoms with van der Waals surface area (Å²) in [6.07, 6.45) is 3.47. The summed E-state index contributed by atoms with van der Waals surface area (Å²) in [4.78, 5) is 16.7. The van der Waals surface area contributed by atoms with Crippen molar-refractivity contribution < 1.29 is 9.53 Å². The third-order valence-electron chi connectivity index (χ3n) is 3.88. The quantitative estimate of drug-likeness (QED) is 0.693. The van der Waals surface area contributed by atoms with Crippen LogP contribution in [0.1, 0.15) is 28.4 Å². The highest BCUT2D eigenvalue weighted by Crippen LogP contribution is 2.20. The molecule has 0 saturated heterocycles. The average Bonchev–Trinajstić information content (AvgIpc) is 3.04. The molecular formula is C20H20ClN3O2. The summed E-state index contributed by atoms with van der Waals surface area (Å²) in [5.74, 6) is 0.987. The van der Waals surface area contributed by atoms with Crippen LogP contribution in [0, 0.1) is 6.92 Å². The van der Waals surface area contributed by atoms with Crippen LogP contribution in [-0.4, -0.2) is 22.1 Å². The van der Waals surface area contributed by atoms with E-state index in [1.54, 1.807) is 24.7 Å². The van der Waals surface area contributed by atoms with E-state index in [4.69, 9.17) is 16.3 Å². The molecule has 0 fully saturated rings. The van der Waals surface area contributed by atoms with Crippen LogP contribution in [-0.2, 0) is 6.54 Å². The number of hydrogen-bond acceptors (Lipinski definition) is 3. The van der Waals surface area contributed by atoms with E-state index in [-0.39, 0.29) is 5.91 Å². The minimum Gasteiger partial charge on any atom is -0.494 e. The highest BCUT2D eigenvalue weighted by atomic mass is 35.5. The van der Waals surface area contributed by atoms with E-state index < -0.39 is 0 Å². The summed E-state index contributed by atoms with van der Waals surface area (Å²) in [6.45, 7) is 5.05. The molecule has 0 atom stereocenters. The van der Waals surface area contributed by atoms with Crippen molar-refractivity contribution in [3.8, 4) is 5.75 Å². The second-order valence-electron chi connectivity index (χ2n) is 5.93. The number of rotatable bonds is 6. The number of imidazole rings is 1. The Hall–Kier alpha value is -2.79. The fourth-order valence-electron chi connectivity index (χ4n) is 2.60. The van der Waals surface area contributed by atoms with Crippen LogP contribution < -0.4 is 10.1 Å². The summed E-state index contributed by atoms with van der Waals surface area (Å²) in [5.41, 5.74) is 2.59. The van der Waals surface area contributed by atoms with E-state index in [9.17, 15) is 4.79 Å². The van der Waals surface area contributed by atoms with Gasteiger partial charge in [-0.2, -0.15) is 0 Å². The van der Waals surface area contributed by atoms with Crippen LogP contribution in [0.15, 0.2) is 55.0 Å². The number of hydrogen-bond donors (Lipinski definition) is 1. The molecule has 0 spiro atoms. The smallest absolute Gasteiger partial charge is 0.256 e. The standard InChI is InChI=1S/C20H20ClN3O2/c1-3-26-18-10-16(8-7-14(18)2)20(25)23-19-12-24(13-22-19)11-15-5-4-6-17(21)9-15/h4-10,12-13H,3,11H2,1-2H3,(H,23,25). The van der Waals surface area contributed by atoms with Crippen molar-refractivity contribution in [1.29, 1.82) is 0 Å². The second kappa shape index (κ2) is 8.06. The maximum atomic E-state index is 12.5. The Labute approximate surface area is 157 Å². The first-order chi connectivity index (χ1) is 12.5. The number of nitrogens with zero attached hydrogens (tertiary/aromatic N) is 2. The number of benzene rings is 2. The van der Waals surface area contributed by atoms with E-state index in [0.29, 0.717) is 35.3 Å². The Morgan fingerprint density at radius 1 is 1.27 bits per heavy atom. The second-order valence-corrected chi connectivity index (χ2v) is 6.37. The van der Waals surface area contributed by atoms with Gasteiger partial charge in [0.2, 0.25) is 0 Å². The Morgan fingerprint density at radius 2 is 2.12 bits per heavy atom. The van der Waals surface area contributed by atoms with Crippen LogP contribution in [0.5, 0.6) is 5.75 Å². The Kier molecular flexibility index (Phi) is 5.58. The lowest BCUT2D eigenvalue weighted by atomic mass is 10.1. The zero-order chi connectivity index (χ0) is 18.5. The Balaban J connectivity index is 1.69. The van der Waals surface area contributed by atoms with Crippen molar-refractivity contribution in [3.63, 3.8) is 0 Å². The van der Waals surface area contributed by atoms with E-state index >= 15 is 0 Å². The molecule has 0 radical (unpaired) electrons. The zero-order valence-corrected chi connectivity index (χ0v) is 15.5. The highest BCUT2D eigenvalue weighted by Gasteiger charge is 2.11. The van der Waals surface area contributed by atoms with E-state index in [2.05, 4.69) is 10.3 Å². The number of carbonyl (C=O) groups is 1. The molecule has 26 heavy (non-hydrogen) atoms. The molecule has 0 aliphatic carbocycles. The first-order valence-electron chi connectivity index (χ1n) is 8.36. The van der Waals surface area contributed by atoms with Gasteiger partial charge in [-0.15, -0.1) is 0 Å². The normalized spacial score (nSPS) is 10.6. The molecule has 1 amide bonds. The summed E-state index contributed by atoms with van der Waals surface area (Å²) in [5, 5.41) is 3.51. The van der Waals surface area contributed by atoms with Gasteiger partial charge in [-0.25, -0.2) is 4.98 Å². The van der Waals surface area contributed by atoms with Gasteiger partial charge >= 0.3 is 0 Å². The maximum absolute atomic E-state index is 12.5. The first-order valence-corrected chi connectivity index (χ1v) is 8.74. The fraction of sp³-hybridized carbons (Fsp3) is 0.200. The van der Waals surface area contributed by atoms with Gasteiger partial charge in [0.05, 0.1) is 12.9 Å². The van der Waals surface area contributed by atoms with Crippen LogP contribution in [0.3, 0.4) is 0 Å². The summed E-state index contributed by atoms with van der Waals surface area (Å²) in [7, 11) is 0. The maximum Gasteiger partial charge on any atom is 0.256 e. The van der Waals surface area contributed by atoms with Gasteiger partial charge in [-0.05, 0) is 49.2 Å². The number of anilines is 1. The van der Waals surface area contributed by atoms with Crippen LogP contribution in [0.25, 0.3) is 0 Å². The molecule has 1 N–H and O–H groups in total. The van der Waals surface area contributed by atoms with Crippen LogP contribution in [0.4, 0.5) is 5.82 Å². The number of amides is 1. The third kappa shape index (κ3) is 4.43. The monoisotopic (exact) mass is 369 g/mol. The van der Waals surface area contributed by atoms with Crippen molar-refractivity contribution in [2.24, 2.45) is 0 Å². The van der Waals surface area contributed by atoms with Crippen molar-refractivity contribution in [2.75, 3.05) is 11.9 Å². The summed E-state index contributed by atoms with van der Waals surface area (Å²) < 4.78 is 7.44. The van der Waals surface area contributed by atoms with Crippen molar-refractivity contribution in [3.05, 3.63) is 76.7 Å². The number of halogens is 1. The zero-order valence-electron chi connectivity index (χ0n) is 14.7. The van der Waals surface area contributed by atoms with Gasteiger partial charge < -0.3 is 14.6 Å². The van der Waals surface area contributed by atoms with Gasteiger partial charge in [-0.3, -0.25) is 4.79 Å². The minimum atomic E-state index is -0.223. The number of ether oxygens (including phenoxy) is 1. The lowest BCUT2D eigenvalue weighted by Crippen LogP contribution is -2.12. The number of carbonyl (C=O) groups excluding carboxylic acids is 1. The first kappa shape index (κ1) is 18.0. The van der Waals surface area contributed by atoms with E-state index in [1.165, 1.54) is 0 Å². The predicted octanol–water partition coefficient (Wildman–Crippen LogP) is 4.54. The largest absolute Gasteiger partial charge is 0.494 e. The Bertz CT molecular complexity index is 921. The lowest BCUT2D eigenvalue weighted by Gasteiger charge is -2.09. The van der Waals surface area contributed by atoms with Crippen molar-refractivity contribution >= 4 is 23.3 Å². The van der Waals surface area contributed by atoms with E-state index in [1.807, 2.05) is 48.7 Å². The molecule has 5 nitrogen and oxygen atoms in total. The van der Waals surface area contributed by atoms with Crippen LogP contribution >= 0.6 is 11.6 Å². The van der Waals surface area contributed by atoms with E-state index in [0.717, 1.165) is 11.1 Å². The van der Waals surface area contributed by atoms with Crippen molar-refractivity contribution in [2.45, 2.75) is 20.4 Å². The van der Waals surface area contributed by atoms with Gasteiger partial charge in [0.25, 0.3) is 5.91 Å². The lowest BCUT2D eigenvalue weighted by molar-refractivity contribution is 0.102. The average molecular weight is 370 g/mol. The highest BCUT2D eigenvalue weighted by molar-refractivity contribution is 6.30. The van der Waals surface area contributed by atoms with Gasteiger partial charge in [0.15, 0.2) is 5.82 Å². The van der Waals surface area contributed by atoms with Crippen LogP contribution in [0.2, 0.25) is 5.02 Å². The SMILES string of the molecule is CCOc1cc(C(=O)Nc2cn(Cc3cccc(Cl)c3)cn2)ccc1C. The molecule has 0 bridgehead atoms. The number of aryl methyl sites for hydroxylation is 1. The molecule has 2 aromatic carbocycles. The molecule has 0 saturated carbocycles. The van der Waals surface area contributed by atoms with Gasteiger partial charge in [0, 0.05) is 23.3 Å². The number of aromatic nitrogens is 2. The molecule has 0 aliphatic rings. The molecule has 1 aromatic heterocycles. The van der Waals surface area contributed by atoms with Crippen molar-refractivity contribution in [1.82, 2.24) is 9.55 Å². The summed E-state index contributed by atoms with van der Waals surface area (Å²) in [6, 6.07) is 13.0. The Morgan fingerprint density at radius 3 is 2.88 bits per heavy atom. The molecule has 3 rings (SSSR count). The molecule has 0 aliphatic heterocycles. The molecule has 3 aromatic rings. The van der Waals surface area contributed by atoms with Gasteiger partial charge in [0.1, 0.15) is 5.75 Å². The molecule has 6 heteroatoms. The predicted molar refractivity (Wildman–Crippen MR) is 103 cm³/mol. The molecule has 0 unspecified atom stereocenters. The molecule has 1 heterocycles. The molecular weight excluding hydrogens is 350 g/mol. The fourth-order valence-corrected chi connectivity index (χ4v) is 2.81. The summed E-state index contributed by atoms with van der Waals surface area (Å²) >= 11 is 6.01. The molecule has 134 valence electrons. The topological polar surface area (TPSA) is 56.1 Å². The minimum absolute atomic E-state index is 0.223. The third-order valence-corrected chi connectivity index (χ3v) is 4.11.